The molecule has 1 saturated carbocycles. The lowest BCUT2D eigenvalue weighted by Crippen LogP contribution is -2.53. The Labute approximate surface area is 302 Å². The summed E-state index contributed by atoms with van der Waals surface area (Å²) < 4.78 is 13.9. The van der Waals surface area contributed by atoms with Crippen molar-refractivity contribution >= 4 is 57.7 Å². The monoisotopic (exact) mass is 721 g/mol. The zero-order valence-corrected chi connectivity index (χ0v) is 28.4. The first-order valence-corrected chi connectivity index (χ1v) is 17.5. The number of aliphatic carboxylic acids is 1. The Morgan fingerprint density at radius 2 is 1.63 bits per heavy atom. The largest absolute Gasteiger partial charge is 0.507 e. The third kappa shape index (κ3) is 5.01. The summed E-state index contributed by atoms with van der Waals surface area (Å²) in [7, 11) is 0. The number of hydrogen-bond donors (Lipinski definition) is 3. The molecule has 4 aromatic rings. The number of fused-ring (bicyclic) bond motifs is 5. The van der Waals surface area contributed by atoms with Crippen LogP contribution in [0.5, 0.6) is 5.75 Å². The van der Waals surface area contributed by atoms with Gasteiger partial charge in [0.2, 0.25) is 11.8 Å². The van der Waals surface area contributed by atoms with E-state index >= 15 is 4.79 Å². The van der Waals surface area contributed by atoms with E-state index < -0.39 is 64.5 Å². The number of likely N-dealkylation sites (tertiary alicyclic amines) is 1. The molecular weight excluding hydrogens is 689 g/mol. The molecule has 4 aliphatic rings. The van der Waals surface area contributed by atoms with Crippen LogP contribution in [0.15, 0.2) is 96.6 Å². The van der Waals surface area contributed by atoms with Crippen LogP contribution in [0.4, 0.5) is 10.1 Å². The number of phenols is 1. The number of benzene rings is 4. The molecule has 0 unspecified atom stereocenters. The van der Waals surface area contributed by atoms with Crippen molar-refractivity contribution < 1.29 is 38.6 Å². The summed E-state index contributed by atoms with van der Waals surface area (Å²) in [6.45, 7) is -0.0428. The standard InChI is InChI=1S/C40H33ClFN3O7/c41-23-10-8-22(9-11-23)40-31(37(50)45(39(40)52)43-25-14-12-24(42)13-15-25)20-30-27(34(40)29-16-7-21-4-1-2-5-26(21)35(29)48)17-18-28-33(30)38(51)44(36(28)49)19-3-6-32(46)47/h1-2,4-5,7-17,28,30-31,33-34,43,48H,3,6,18-20H2,(H,46,47)/t28-,30+,31-,33-,34+,40+/m0/s1. The van der Waals surface area contributed by atoms with Gasteiger partial charge < -0.3 is 10.2 Å². The molecule has 0 spiro atoms. The zero-order valence-electron chi connectivity index (χ0n) is 27.7. The Morgan fingerprint density at radius 1 is 0.904 bits per heavy atom. The molecule has 52 heavy (non-hydrogen) atoms. The highest BCUT2D eigenvalue weighted by atomic mass is 35.5. The van der Waals surface area contributed by atoms with Crippen LogP contribution in [-0.4, -0.2) is 56.3 Å². The number of nitrogens with zero attached hydrogens (tertiary/aromatic N) is 2. The minimum atomic E-state index is -1.64. The first-order chi connectivity index (χ1) is 25.0. The van der Waals surface area contributed by atoms with Crippen molar-refractivity contribution in [2.75, 3.05) is 12.0 Å². The molecule has 6 atom stereocenters. The summed E-state index contributed by atoms with van der Waals surface area (Å²) in [4.78, 5) is 70.3. The van der Waals surface area contributed by atoms with E-state index in [1.165, 1.54) is 24.3 Å². The Bertz CT molecular complexity index is 2210. The van der Waals surface area contributed by atoms with Gasteiger partial charge in [-0.3, -0.25) is 34.3 Å². The molecule has 10 nitrogen and oxygen atoms in total. The van der Waals surface area contributed by atoms with Gasteiger partial charge in [-0.2, -0.15) is 5.01 Å². The van der Waals surface area contributed by atoms with Gasteiger partial charge in [0.25, 0.3) is 11.8 Å². The van der Waals surface area contributed by atoms with E-state index in [9.17, 15) is 33.8 Å². The van der Waals surface area contributed by atoms with E-state index in [4.69, 9.17) is 11.6 Å². The van der Waals surface area contributed by atoms with Crippen molar-refractivity contribution in [1.29, 1.82) is 0 Å². The fourth-order valence-electron chi connectivity index (χ4n) is 9.18. The highest BCUT2D eigenvalue weighted by Gasteiger charge is 2.70. The van der Waals surface area contributed by atoms with Crippen molar-refractivity contribution in [1.82, 2.24) is 9.91 Å². The molecule has 8 rings (SSSR count). The summed E-state index contributed by atoms with van der Waals surface area (Å²) in [6, 6.07) is 22.8. The summed E-state index contributed by atoms with van der Waals surface area (Å²) in [5, 5.41) is 23.9. The lowest BCUT2D eigenvalue weighted by Gasteiger charge is -2.50. The number of halogens is 2. The van der Waals surface area contributed by atoms with Crippen molar-refractivity contribution in [3.8, 4) is 5.75 Å². The van der Waals surface area contributed by atoms with Gasteiger partial charge in [0, 0.05) is 34.9 Å². The van der Waals surface area contributed by atoms with Gasteiger partial charge in [-0.15, -0.1) is 0 Å². The summed E-state index contributed by atoms with van der Waals surface area (Å²) in [6.07, 6.45) is 2.00. The lowest BCUT2D eigenvalue weighted by molar-refractivity contribution is -0.142. The Balaban J connectivity index is 1.33. The SMILES string of the molecule is O=C(O)CCCN1C(=O)[C@H]2[C@H](CC=C3[C@H]2C[C@H]2C(=O)N(Nc4ccc(F)cc4)C(=O)[C@@]2(c2ccc(Cl)cc2)[C@H]3c2ccc3ccccc3c2O)C1=O. The van der Waals surface area contributed by atoms with Gasteiger partial charge >= 0.3 is 5.97 Å². The second kappa shape index (κ2) is 12.6. The van der Waals surface area contributed by atoms with Crippen LogP contribution in [0.3, 0.4) is 0 Å². The number of carbonyl (C=O) groups is 5. The van der Waals surface area contributed by atoms with Gasteiger partial charge in [-0.05, 0) is 72.5 Å². The van der Waals surface area contributed by atoms with Crippen LogP contribution >= 0.6 is 11.6 Å². The number of carbonyl (C=O) groups excluding carboxylic acids is 4. The second-order valence-corrected chi connectivity index (χ2v) is 14.4. The van der Waals surface area contributed by atoms with E-state index in [0.717, 1.165) is 15.3 Å². The molecule has 264 valence electrons. The quantitative estimate of drug-likeness (QED) is 0.144. The highest BCUT2D eigenvalue weighted by molar-refractivity contribution is 6.30. The number of allylic oxidation sites excluding steroid dienone is 2. The number of carboxylic acids is 1. The number of anilines is 1. The third-order valence-corrected chi connectivity index (χ3v) is 11.6. The van der Waals surface area contributed by atoms with E-state index in [-0.39, 0.29) is 43.9 Å². The Kier molecular flexibility index (Phi) is 8.13. The number of hydrogen-bond acceptors (Lipinski definition) is 7. The molecule has 2 saturated heterocycles. The summed E-state index contributed by atoms with van der Waals surface area (Å²) in [5.74, 6) is -7.89. The molecule has 0 radical (unpaired) electrons. The van der Waals surface area contributed by atoms with Crippen molar-refractivity contribution in [3.63, 3.8) is 0 Å². The minimum Gasteiger partial charge on any atom is -0.507 e. The molecule has 12 heteroatoms. The molecule has 4 aromatic carbocycles. The first-order valence-electron chi connectivity index (χ1n) is 17.2. The normalized spacial score (nSPS) is 26.7. The van der Waals surface area contributed by atoms with Gasteiger partial charge in [0.1, 0.15) is 11.6 Å². The van der Waals surface area contributed by atoms with Crippen LogP contribution in [0.2, 0.25) is 5.02 Å². The van der Waals surface area contributed by atoms with E-state index in [2.05, 4.69) is 5.43 Å². The van der Waals surface area contributed by atoms with Crippen LogP contribution in [0.1, 0.15) is 42.7 Å². The predicted molar refractivity (Wildman–Crippen MR) is 188 cm³/mol. The van der Waals surface area contributed by atoms with Gasteiger partial charge in [0.15, 0.2) is 0 Å². The second-order valence-electron chi connectivity index (χ2n) is 13.9. The number of imide groups is 2. The molecule has 4 amide bonds. The molecule has 2 aliphatic heterocycles. The minimum absolute atomic E-state index is 0.0363. The number of aromatic hydroxyl groups is 1. The lowest BCUT2D eigenvalue weighted by atomic mass is 9.49. The molecule has 3 N–H and O–H groups in total. The smallest absolute Gasteiger partial charge is 0.303 e. The Hall–Kier alpha value is -5.55. The van der Waals surface area contributed by atoms with Crippen molar-refractivity contribution in [3.05, 3.63) is 119 Å². The zero-order chi connectivity index (χ0) is 36.5. The summed E-state index contributed by atoms with van der Waals surface area (Å²) >= 11 is 6.35. The fourth-order valence-corrected chi connectivity index (χ4v) is 9.30. The van der Waals surface area contributed by atoms with Crippen molar-refractivity contribution in [2.24, 2.45) is 23.7 Å². The number of carboxylic acid groups (broad SMARTS) is 1. The van der Waals surface area contributed by atoms with Gasteiger partial charge in [-0.25, -0.2) is 4.39 Å². The van der Waals surface area contributed by atoms with Crippen LogP contribution in [0, 0.1) is 29.5 Å². The maximum Gasteiger partial charge on any atom is 0.303 e. The van der Waals surface area contributed by atoms with Gasteiger partial charge in [0.05, 0.1) is 28.9 Å². The first kappa shape index (κ1) is 33.6. The number of nitrogens with one attached hydrogen (secondary N) is 1. The average Bonchev–Trinajstić information content (AvgIpc) is 3.50. The molecule has 2 heterocycles. The average molecular weight is 722 g/mol. The maximum absolute atomic E-state index is 15.3. The van der Waals surface area contributed by atoms with E-state index in [1.807, 2.05) is 24.3 Å². The van der Waals surface area contributed by atoms with Crippen LogP contribution in [-0.2, 0) is 29.4 Å². The summed E-state index contributed by atoms with van der Waals surface area (Å²) in [5.41, 5.74) is 3.09. The number of amides is 4. The van der Waals surface area contributed by atoms with Crippen LogP contribution in [0.25, 0.3) is 10.8 Å². The fraction of sp³-hybridized carbons (Fsp3) is 0.275. The Morgan fingerprint density at radius 3 is 2.37 bits per heavy atom. The molecule has 2 aliphatic carbocycles. The van der Waals surface area contributed by atoms with Crippen LogP contribution < -0.4 is 5.43 Å². The maximum atomic E-state index is 15.3. The molecular formula is C40H33ClFN3O7. The van der Waals surface area contributed by atoms with E-state index in [0.29, 0.717) is 32.8 Å². The predicted octanol–water partition coefficient (Wildman–Crippen LogP) is 6.19. The topological polar surface area (TPSA) is 144 Å². The molecule has 0 bridgehead atoms. The molecule has 3 fully saturated rings. The number of hydrazine groups is 1. The van der Waals surface area contributed by atoms with Gasteiger partial charge in [-0.1, -0.05) is 71.8 Å². The highest BCUT2D eigenvalue weighted by Crippen LogP contribution is 2.65. The van der Waals surface area contributed by atoms with E-state index in [1.54, 1.807) is 42.5 Å². The van der Waals surface area contributed by atoms with Crippen molar-refractivity contribution in [2.45, 2.75) is 37.0 Å². The molecule has 0 aromatic heterocycles. The number of phenolic OH excluding ortho intramolecular Hbond substituents is 1. The third-order valence-electron chi connectivity index (χ3n) is 11.4. The number of rotatable bonds is 8.